The van der Waals surface area contributed by atoms with Crippen LogP contribution in [0.4, 0.5) is 0 Å². The standard InChI is InChI=1S/C12H14N2O3/c1-13-9-12(14(16)17,8-7-11(13)15)10-5-3-2-4-6-10/h2-6H,7-9H2,1H3. The largest absolute Gasteiger partial charge is 0.338 e. The second-order valence-electron chi connectivity index (χ2n) is 4.40. The fraction of sp³-hybridized carbons (Fsp3) is 0.417. The number of carbonyl (C=O) groups is 1. The first kappa shape index (κ1) is 11.6. The van der Waals surface area contributed by atoms with Crippen LogP contribution in [0.5, 0.6) is 0 Å². The number of carbonyl (C=O) groups excluding carboxylic acids is 1. The summed E-state index contributed by atoms with van der Waals surface area (Å²) in [6.45, 7) is 0.142. The average molecular weight is 234 g/mol. The maximum atomic E-state index is 11.4. The summed E-state index contributed by atoms with van der Waals surface area (Å²) in [7, 11) is 1.61. The zero-order valence-electron chi connectivity index (χ0n) is 9.63. The molecular weight excluding hydrogens is 220 g/mol. The first-order valence-corrected chi connectivity index (χ1v) is 5.50. The smallest absolute Gasteiger partial charge is 0.264 e. The summed E-state index contributed by atoms with van der Waals surface area (Å²) in [4.78, 5) is 24.0. The minimum absolute atomic E-state index is 0.0293. The van der Waals surface area contributed by atoms with E-state index in [2.05, 4.69) is 0 Å². The van der Waals surface area contributed by atoms with Gasteiger partial charge in [-0.25, -0.2) is 0 Å². The zero-order valence-corrected chi connectivity index (χ0v) is 9.63. The molecule has 0 radical (unpaired) electrons. The molecular formula is C12H14N2O3. The molecule has 1 atom stereocenters. The third-order valence-corrected chi connectivity index (χ3v) is 3.34. The van der Waals surface area contributed by atoms with E-state index in [0.29, 0.717) is 5.56 Å². The molecule has 0 aromatic heterocycles. The highest BCUT2D eigenvalue weighted by molar-refractivity contribution is 5.77. The van der Waals surface area contributed by atoms with Gasteiger partial charge in [0.1, 0.15) is 0 Å². The van der Waals surface area contributed by atoms with E-state index in [-0.39, 0.29) is 30.2 Å². The van der Waals surface area contributed by atoms with Crippen LogP contribution in [0.15, 0.2) is 30.3 Å². The van der Waals surface area contributed by atoms with Gasteiger partial charge in [-0.3, -0.25) is 14.9 Å². The lowest BCUT2D eigenvalue weighted by molar-refractivity contribution is -0.582. The SMILES string of the molecule is CN1CC(c2ccccc2)([N+](=O)[O-])CCC1=O. The van der Waals surface area contributed by atoms with Gasteiger partial charge in [-0.1, -0.05) is 30.3 Å². The number of hydrogen-bond acceptors (Lipinski definition) is 3. The lowest BCUT2D eigenvalue weighted by Gasteiger charge is -2.34. The van der Waals surface area contributed by atoms with Crippen LogP contribution in [0.25, 0.3) is 0 Å². The fourth-order valence-corrected chi connectivity index (χ4v) is 2.30. The van der Waals surface area contributed by atoms with Gasteiger partial charge in [0.2, 0.25) is 5.91 Å². The van der Waals surface area contributed by atoms with Crippen LogP contribution in [0.3, 0.4) is 0 Å². The van der Waals surface area contributed by atoms with Crippen molar-refractivity contribution in [2.24, 2.45) is 0 Å². The molecule has 1 amide bonds. The monoisotopic (exact) mass is 234 g/mol. The maximum Gasteiger partial charge on any atom is 0.264 e. The molecule has 5 nitrogen and oxygen atoms in total. The molecule has 1 unspecified atom stereocenters. The Balaban J connectivity index is 2.41. The van der Waals surface area contributed by atoms with Crippen LogP contribution in [0.1, 0.15) is 18.4 Å². The van der Waals surface area contributed by atoms with E-state index < -0.39 is 5.54 Å². The molecule has 17 heavy (non-hydrogen) atoms. The molecule has 0 saturated carbocycles. The van der Waals surface area contributed by atoms with Crippen molar-refractivity contribution in [1.29, 1.82) is 0 Å². The van der Waals surface area contributed by atoms with Crippen LogP contribution < -0.4 is 0 Å². The van der Waals surface area contributed by atoms with Crippen molar-refractivity contribution < 1.29 is 9.72 Å². The Labute approximate surface area is 99.2 Å². The van der Waals surface area contributed by atoms with Crippen molar-refractivity contribution in [1.82, 2.24) is 4.90 Å². The van der Waals surface area contributed by atoms with Gasteiger partial charge in [0.25, 0.3) is 5.54 Å². The number of benzene rings is 1. The molecule has 1 heterocycles. The molecule has 2 rings (SSSR count). The molecule has 0 aliphatic carbocycles. The van der Waals surface area contributed by atoms with E-state index >= 15 is 0 Å². The Morgan fingerprint density at radius 3 is 2.53 bits per heavy atom. The number of piperidine rings is 1. The lowest BCUT2D eigenvalue weighted by atomic mass is 9.83. The Bertz CT molecular complexity index is 446. The normalized spacial score (nSPS) is 24.8. The Morgan fingerprint density at radius 1 is 1.35 bits per heavy atom. The van der Waals surface area contributed by atoms with Crippen molar-refractivity contribution in [2.75, 3.05) is 13.6 Å². The van der Waals surface area contributed by atoms with E-state index in [1.54, 1.807) is 31.3 Å². The van der Waals surface area contributed by atoms with Crippen LogP contribution in [0.2, 0.25) is 0 Å². The van der Waals surface area contributed by atoms with Gasteiger partial charge in [0, 0.05) is 30.4 Å². The van der Waals surface area contributed by atoms with Gasteiger partial charge in [-0.2, -0.15) is 0 Å². The van der Waals surface area contributed by atoms with Crippen LogP contribution in [0, 0.1) is 10.1 Å². The van der Waals surface area contributed by atoms with Crippen molar-refractivity contribution in [3.63, 3.8) is 0 Å². The van der Waals surface area contributed by atoms with E-state index in [1.807, 2.05) is 6.07 Å². The highest BCUT2D eigenvalue weighted by atomic mass is 16.6. The predicted molar refractivity (Wildman–Crippen MR) is 62.0 cm³/mol. The average Bonchev–Trinajstić information content (AvgIpc) is 2.33. The van der Waals surface area contributed by atoms with Gasteiger partial charge >= 0.3 is 0 Å². The topological polar surface area (TPSA) is 63.4 Å². The second kappa shape index (κ2) is 4.16. The third kappa shape index (κ3) is 1.88. The number of likely N-dealkylation sites (N-methyl/N-ethyl adjacent to an activating group) is 1. The Morgan fingerprint density at radius 2 is 2.00 bits per heavy atom. The number of rotatable bonds is 2. The summed E-state index contributed by atoms with van der Waals surface area (Å²) < 4.78 is 0. The highest BCUT2D eigenvalue weighted by Crippen LogP contribution is 2.34. The van der Waals surface area contributed by atoms with E-state index in [4.69, 9.17) is 0 Å². The van der Waals surface area contributed by atoms with Crippen LogP contribution in [-0.4, -0.2) is 29.3 Å². The fourth-order valence-electron chi connectivity index (χ4n) is 2.30. The Kier molecular flexibility index (Phi) is 2.83. The second-order valence-corrected chi connectivity index (χ2v) is 4.40. The highest BCUT2D eigenvalue weighted by Gasteiger charge is 2.49. The van der Waals surface area contributed by atoms with Gasteiger partial charge in [-0.05, 0) is 0 Å². The summed E-state index contributed by atoms with van der Waals surface area (Å²) in [6.07, 6.45) is 0.500. The molecule has 1 aromatic rings. The molecule has 1 aromatic carbocycles. The summed E-state index contributed by atoms with van der Waals surface area (Å²) >= 11 is 0. The van der Waals surface area contributed by atoms with E-state index in [9.17, 15) is 14.9 Å². The summed E-state index contributed by atoms with van der Waals surface area (Å²) in [5.41, 5.74) is -0.478. The van der Waals surface area contributed by atoms with E-state index in [0.717, 1.165) is 0 Å². The maximum absolute atomic E-state index is 11.4. The van der Waals surface area contributed by atoms with Crippen LogP contribution in [-0.2, 0) is 10.3 Å². The molecule has 90 valence electrons. The number of amides is 1. The van der Waals surface area contributed by atoms with Crippen molar-refractivity contribution in [3.8, 4) is 0 Å². The van der Waals surface area contributed by atoms with Gasteiger partial charge in [0.15, 0.2) is 0 Å². The zero-order chi connectivity index (χ0) is 12.5. The molecule has 1 aliphatic rings. The summed E-state index contributed by atoms with van der Waals surface area (Å²) in [5.74, 6) is -0.0293. The summed E-state index contributed by atoms with van der Waals surface area (Å²) in [6, 6.07) is 8.92. The first-order valence-electron chi connectivity index (χ1n) is 5.50. The first-order chi connectivity index (χ1) is 8.06. The van der Waals surface area contributed by atoms with E-state index in [1.165, 1.54) is 4.90 Å². The molecule has 1 fully saturated rings. The quantitative estimate of drug-likeness (QED) is 0.574. The molecule has 1 saturated heterocycles. The molecule has 5 heteroatoms. The minimum atomic E-state index is -1.15. The molecule has 0 spiro atoms. The van der Waals surface area contributed by atoms with Gasteiger partial charge < -0.3 is 4.90 Å². The number of nitro groups is 1. The van der Waals surface area contributed by atoms with Crippen molar-refractivity contribution in [3.05, 3.63) is 46.0 Å². The predicted octanol–water partition coefficient (Wildman–Crippen LogP) is 1.41. The number of likely N-dealkylation sites (tertiary alicyclic amines) is 1. The summed E-state index contributed by atoms with van der Waals surface area (Å²) in [5, 5.41) is 11.4. The minimum Gasteiger partial charge on any atom is -0.338 e. The van der Waals surface area contributed by atoms with Crippen molar-refractivity contribution >= 4 is 5.91 Å². The van der Waals surface area contributed by atoms with Gasteiger partial charge in [0.05, 0.1) is 6.54 Å². The molecule has 0 bridgehead atoms. The molecule has 0 N–H and O–H groups in total. The van der Waals surface area contributed by atoms with Crippen molar-refractivity contribution in [2.45, 2.75) is 18.4 Å². The molecule has 1 aliphatic heterocycles. The lowest BCUT2D eigenvalue weighted by Crippen LogP contribution is -2.51. The Hall–Kier alpha value is -1.91. The third-order valence-electron chi connectivity index (χ3n) is 3.34. The number of nitrogens with zero attached hydrogens (tertiary/aromatic N) is 2. The number of hydrogen-bond donors (Lipinski definition) is 0. The van der Waals surface area contributed by atoms with Gasteiger partial charge in [-0.15, -0.1) is 0 Å². The van der Waals surface area contributed by atoms with Crippen LogP contribution >= 0.6 is 0 Å².